The van der Waals surface area contributed by atoms with Gasteiger partial charge in [-0.3, -0.25) is 4.79 Å². The monoisotopic (exact) mass is 320 g/mol. The van der Waals surface area contributed by atoms with Crippen LogP contribution >= 0.6 is 11.6 Å². The van der Waals surface area contributed by atoms with Crippen molar-refractivity contribution in [3.8, 4) is 5.69 Å². The molecule has 0 aliphatic carbocycles. The third-order valence-electron chi connectivity index (χ3n) is 3.87. The predicted octanol–water partition coefficient (Wildman–Crippen LogP) is 1.83. The summed E-state index contributed by atoms with van der Waals surface area (Å²) in [5, 5.41) is 18.6. The van der Waals surface area contributed by atoms with Crippen molar-refractivity contribution in [3.05, 3.63) is 40.7 Å². The van der Waals surface area contributed by atoms with E-state index >= 15 is 0 Å². The van der Waals surface area contributed by atoms with E-state index < -0.39 is 0 Å². The average Bonchev–Trinajstić information content (AvgIpc) is 3.12. The number of aliphatic hydroxyl groups is 1. The molecule has 1 aromatic carbocycles. The number of carbonyl (C=O) groups is 1. The molecule has 1 fully saturated rings. The summed E-state index contributed by atoms with van der Waals surface area (Å²) in [5.74, 6) is -0.178. The summed E-state index contributed by atoms with van der Waals surface area (Å²) in [7, 11) is 0. The molecular weight excluding hydrogens is 304 g/mol. The van der Waals surface area contributed by atoms with Crippen molar-refractivity contribution in [1.29, 1.82) is 0 Å². The van der Waals surface area contributed by atoms with Gasteiger partial charge in [-0.2, -0.15) is 9.90 Å². The summed E-state index contributed by atoms with van der Waals surface area (Å²) in [6, 6.07) is 7.01. The van der Waals surface area contributed by atoms with Crippen molar-refractivity contribution in [1.82, 2.24) is 19.9 Å². The molecule has 0 bridgehead atoms. The molecule has 22 heavy (non-hydrogen) atoms. The van der Waals surface area contributed by atoms with Crippen molar-refractivity contribution in [3.63, 3.8) is 0 Å². The maximum atomic E-state index is 12.6. The Morgan fingerprint density at radius 2 is 2.27 bits per heavy atom. The molecule has 116 valence electrons. The number of amides is 1. The number of halogens is 1. The zero-order valence-electron chi connectivity index (χ0n) is 12.2. The van der Waals surface area contributed by atoms with Crippen LogP contribution in [0.15, 0.2) is 24.3 Å². The van der Waals surface area contributed by atoms with Gasteiger partial charge in [-0.1, -0.05) is 17.7 Å². The maximum absolute atomic E-state index is 12.6. The lowest BCUT2D eigenvalue weighted by molar-refractivity contribution is 0.0670. The fraction of sp³-hybridized carbons (Fsp3) is 0.400. The van der Waals surface area contributed by atoms with E-state index in [0.29, 0.717) is 28.6 Å². The number of hydrogen-bond donors (Lipinski definition) is 1. The van der Waals surface area contributed by atoms with Crippen LogP contribution in [-0.2, 0) is 0 Å². The first-order valence-corrected chi connectivity index (χ1v) is 7.59. The Bertz CT molecular complexity index is 701. The van der Waals surface area contributed by atoms with Gasteiger partial charge in [0, 0.05) is 11.6 Å². The Balaban J connectivity index is 1.91. The van der Waals surface area contributed by atoms with Gasteiger partial charge >= 0.3 is 0 Å². The molecule has 2 aromatic rings. The summed E-state index contributed by atoms with van der Waals surface area (Å²) in [6.45, 7) is 2.38. The molecule has 1 aliphatic rings. The first-order chi connectivity index (χ1) is 10.6. The second kappa shape index (κ2) is 6.06. The van der Waals surface area contributed by atoms with Gasteiger partial charge in [-0.25, -0.2) is 0 Å². The fourth-order valence-electron chi connectivity index (χ4n) is 2.72. The number of aliphatic hydroxyl groups excluding tert-OH is 1. The lowest BCUT2D eigenvalue weighted by atomic mass is 10.2. The molecule has 0 spiro atoms. The van der Waals surface area contributed by atoms with Crippen LogP contribution in [0.3, 0.4) is 0 Å². The van der Waals surface area contributed by atoms with E-state index in [1.165, 1.54) is 4.80 Å². The number of rotatable bonds is 3. The number of aromatic nitrogens is 3. The highest BCUT2D eigenvalue weighted by atomic mass is 35.5. The molecule has 1 amide bonds. The third-order valence-corrected chi connectivity index (χ3v) is 4.11. The molecule has 3 rings (SSSR count). The molecular formula is C15H17ClN4O2. The summed E-state index contributed by atoms with van der Waals surface area (Å²) in [5.41, 5.74) is 1.59. The van der Waals surface area contributed by atoms with Crippen LogP contribution in [0, 0.1) is 6.92 Å². The van der Waals surface area contributed by atoms with Gasteiger partial charge in [0.1, 0.15) is 0 Å². The molecule has 1 aromatic heterocycles. The molecule has 1 saturated heterocycles. The van der Waals surface area contributed by atoms with E-state index in [4.69, 9.17) is 11.6 Å². The van der Waals surface area contributed by atoms with Crippen LogP contribution < -0.4 is 0 Å². The molecule has 1 atom stereocenters. The van der Waals surface area contributed by atoms with Crippen LogP contribution in [0.25, 0.3) is 5.69 Å². The third kappa shape index (κ3) is 2.71. The Kier molecular flexibility index (Phi) is 4.13. The van der Waals surface area contributed by atoms with E-state index in [2.05, 4.69) is 10.2 Å². The summed E-state index contributed by atoms with van der Waals surface area (Å²) in [6.07, 6.45) is 1.72. The largest absolute Gasteiger partial charge is 0.394 e. The smallest absolute Gasteiger partial charge is 0.276 e. The molecule has 7 heteroatoms. The highest BCUT2D eigenvalue weighted by Crippen LogP contribution is 2.21. The van der Waals surface area contributed by atoms with Gasteiger partial charge in [0.25, 0.3) is 5.91 Å². The molecule has 0 saturated carbocycles. The Hall–Kier alpha value is -1.92. The van der Waals surface area contributed by atoms with Gasteiger partial charge in [-0.05, 0) is 38.0 Å². The van der Waals surface area contributed by atoms with Gasteiger partial charge < -0.3 is 10.0 Å². The Morgan fingerprint density at radius 3 is 3.00 bits per heavy atom. The van der Waals surface area contributed by atoms with E-state index in [1.54, 1.807) is 30.0 Å². The number of aryl methyl sites for hydroxylation is 1. The molecule has 0 radical (unpaired) electrons. The SMILES string of the molecule is Cc1nn(-c2cccc(Cl)c2)nc1C(=O)N1CCC[C@@H]1CO. The zero-order chi connectivity index (χ0) is 15.7. The fourth-order valence-corrected chi connectivity index (χ4v) is 2.91. The zero-order valence-corrected chi connectivity index (χ0v) is 13.0. The summed E-state index contributed by atoms with van der Waals surface area (Å²) < 4.78 is 0. The maximum Gasteiger partial charge on any atom is 0.276 e. The second-order valence-corrected chi connectivity index (χ2v) is 5.82. The lowest BCUT2D eigenvalue weighted by Gasteiger charge is -2.21. The first-order valence-electron chi connectivity index (χ1n) is 7.22. The van der Waals surface area contributed by atoms with Crippen molar-refractivity contribution >= 4 is 17.5 Å². The van der Waals surface area contributed by atoms with Crippen LogP contribution in [0.1, 0.15) is 29.0 Å². The predicted molar refractivity (Wildman–Crippen MR) is 82.3 cm³/mol. The van der Waals surface area contributed by atoms with Crippen molar-refractivity contribution in [2.24, 2.45) is 0 Å². The van der Waals surface area contributed by atoms with E-state index in [0.717, 1.165) is 12.8 Å². The number of nitrogens with zero attached hydrogens (tertiary/aromatic N) is 4. The molecule has 1 N–H and O–H groups in total. The number of likely N-dealkylation sites (tertiary alicyclic amines) is 1. The number of carbonyl (C=O) groups excluding carboxylic acids is 1. The van der Waals surface area contributed by atoms with Crippen LogP contribution in [0.5, 0.6) is 0 Å². The summed E-state index contributed by atoms with van der Waals surface area (Å²) in [4.78, 5) is 15.7. The minimum Gasteiger partial charge on any atom is -0.394 e. The minimum atomic E-state index is -0.178. The number of hydrogen-bond acceptors (Lipinski definition) is 4. The van der Waals surface area contributed by atoms with Crippen molar-refractivity contribution < 1.29 is 9.90 Å². The van der Waals surface area contributed by atoms with Gasteiger partial charge in [0.05, 0.1) is 24.0 Å². The minimum absolute atomic E-state index is 0.0206. The standard InChI is InChI=1S/C15H17ClN4O2/c1-10-14(15(22)19-7-3-6-13(19)9-21)18-20(17-10)12-5-2-4-11(16)8-12/h2,4-5,8,13,21H,3,6-7,9H2,1H3/t13-/m1/s1. The second-order valence-electron chi connectivity index (χ2n) is 5.38. The van der Waals surface area contributed by atoms with E-state index in [9.17, 15) is 9.90 Å². The van der Waals surface area contributed by atoms with E-state index in [-0.39, 0.29) is 18.6 Å². The molecule has 6 nitrogen and oxygen atoms in total. The summed E-state index contributed by atoms with van der Waals surface area (Å²) >= 11 is 5.97. The van der Waals surface area contributed by atoms with Crippen LogP contribution in [0.4, 0.5) is 0 Å². The molecule has 1 aliphatic heterocycles. The quantitative estimate of drug-likeness (QED) is 0.936. The van der Waals surface area contributed by atoms with Crippen molar-refractivity contribution in [2.45, 2.75) is 25.8 Å². The van der Waals surface area contributed by atoms with Gasteiger partial charge in [0.2, 0.25) is 0 Å². The highest BCUT2D eigenvalue weighted by Gasteiger charge is 2.31. The number of benzene rings is 1. The Morgan fingerprint density at radius 1 is 1.45 bits per heavy atom. The van der Waals surface area contributed by atoms with E-state index in [1.807, 2.05) is 6.07 Å². The van der Waals surface area contributed by atoms with Crippen LogP contribution in [0.2, 0.25) is 5.02 Å². The van der Waals surface area contributed by atoms with Gasteiger partial charge in [-0.15, -0.1) is 5.10 Å². The molecule has 0 unspecified atom stereocenters. The lowest BCUT2D eigenvalue weighted by Crippen LogP contribution is -2.38. The topological polar surface area (TPSA) is 71.2 Å². The average molecular weight is 321 g/mol. The molecule has 2 heterocycles. The Labute approximate surface area is 133 Å². The van der Waals surface area contributed by atoms with Gasteiger partial charge in [0.15, 0.2) is 5.69 Å². The normalized spacial score (nSPS) is 18.0. The first kappa shape index (κ1) is 15.0. The van der Waals surface area contributed by atoms with Crippen LogP contribution in [-0.4, -0.2) is 50.1 Å². The van der Waals surface area contributed by atoms with Crippen molar-refractivity contribution in [2.75, 3.05) is 13.2 Å². The highest BCUT2D eigenvalue weighted by molar-refractivity contribution is 6.30.